The molecule has 0 rings (SSSR count). The van der Waals surface area contributed by atoms with Gasteiger partial charge in [0.1, 0.15) is 0 Å². The molecule has 0 aliphatic rings. The quantitative estimate of drug-likeness (QED) is 0.472. The summed E-state index contributed by atoms with van der Waals surface area (Å²) in [5.74, 6) is 0. The van der Waals surface area contributed by atoms with Gasteiger partial charge in [0, 0.05) is 6.04 Å². The van der Waals surface area contributed by atoms with Gasteiger partial charge in [-0.1, -0.05) is 45.9 Å². The molecular weight excluding hydrogens is 202 g/mol. The van der Waals surface area contributed by atoms with E-state index in [0.29, 0.717) is 6.04 Å². The molecule has 90 valence electrons. The van der Waals surface area contributed by atoms with Gasteiger partial charge in [-0.3, -0.25) is 0 Å². The molecule has 0 aromatic rings. The third-order valence-corrected chi connectivity index (χ3v) is 3.04. The third-order valence-electron chi connectivity index (χ3n) is 1.97. The van der Waals surface area contributed by atoms with Crippen molar-refractivity contribution in [2.24, 2.45) is 0 Å². The summed E-state index contributed by atoms with van der Waals surface area (Å²) in [6.45, 7) is 14.3. The van der Waals surface area contributed by atoms with Gasteiger partial charge >= 0.3 is 0 Å². The van der Waals surface area contributed by atoms with Gasteiger partial charge in [-0.05, 0) is 44.2 Å². The molecule has 0 spiro atoms. The fourth-order valence-corrected chi connectivity index (χ4v) is 2.01. The van der Waals surface area contributed by atoms with E-state index in [1.807, 2.05) is 26.0 Å². The van der Waals surface area contributed by atoms with Crippen molar-refractivity contribution in [3.63, 3.8) is 0 Å². The van der Waals surface area contributed by atoms with Crippen molar-refractivity contribution in [1.29, 1.82) is 0 Å². The van der Waals surface area contributed by atoms with Crippen molar-refractivity contribution in [3.05, 3.63) is 23.6 Å². The van der Waals surface area contributed by atoms with E-state index in [0.717, 1.165) is 0 Å². The van der Waals surface area contributed by atoms with Crippen LogP contribution in [0.25, 0.3) is 0 Å². The van der Waals surface area contributed by atoms with E-state index >= 15 is 0 Å². The molecule has 0 fully saturated rings. The van der Waals surface area contributed by atoms with Gasteiger partial charge in [-0.15, -0.1) is 0 Å². The molecule has 0 aromatic heterocycles. The predicted molar refractivity (Wildman–Crippen MR) is 75.0 cm³/mol. The normalized spacial score (nSPS) is 13.1. The lowest BCUT2D eigenvalue weighted by atomic mass is 10.2. The van der Waals surface area contributed by atoms with E-state index in [1.165, 1.54) is 17.7 Å². The van der Waals surface area contributed by atoms with Crippen molar-refractivity contribution >= 4 is 11.9 Å². The molecule has 1 atom stereocenters. The van der Waals surface area contributed by atoms with Crippen molar-refractivity contribution < 1.29 is 0 Å². The van der Waals surface area contributed by atoms with Crippen LogP contribution in [0.2, 0.25) is 0 Å². The monoisotopic (exact) mass is 229 g/mol. The Balaban J connectivity index is 0. The second kappa shape index (κ2) is 11.9. The Morgan fingerprint density at radius 3 is 2.40 bits per heavy atom. The minimum absolute atomic E-state index is 0.642. The van der Waals surface area contributed by atoms with Crippen LogP contribution >= 0.6 is 11.9 Å². The van der Waals surface area contributed by atoms with Crippen molar-refractivity contribution in [2.75, 3.05) is 7.05 Å². The van der Waals surface area contributed by atoms with Gasteiger partial charge in [0.15, 0.2) is 0 Å². The predicted octanol–water partition coefficient (Wildman–Crippen LogP) is 4.87. The lowest BCUT2D eigenvalue weighted by molar-refractivity contribution is 0.409. The molecule has 2 heteroatoms. The van der Waals surface area contributed by atoms with Crippen molar-refractivity contribution in [2.45, 2.75) is 53.5 Å². The van der Waals surface area contributed by atoms with Crippen LogP contribution in [0.1, 0.15) is 47.5 Å². The van der Waals surface area contributed by atoms with E-state index in [1.54, 1.807) is 11.9 Å². The summed E-state index contributed by atoms with van der Waals surface area (Å²) in [4.78, 5) is 1.29. The van der Waals surface area contributed by atoms with Crippen LogP contribution < -0.4 is 0 Å². The highest BCUT2D eigenvalue weighted by molar-refractivity contribution is 8.00. The van der Waals surface area contributed by atoms with E-state index in [4.69, 9.17) is 0 Å². The summed E-state index contributed by atoms with van der Waals surface area (Å²) >= 11 is 1.80. The topological polar surface area (TPSA) is 3.24 Å². The molecule has 0 aromatic carbocycles. The molecule has 1 nitrogen and oxygen atoms in total. The second-order valence-electron chi connectivity index (χ2n) is 3.29. The fourth-order valence-electron chi connectivity index (χ4n) is 1.11. The van der Waals surface area contributed by atoms with Gasteiger partial charge in [0.2, 0.25) is 0 Å². The van der Waals surface area contributed by atoms with Gasteiger partial charge in [0.25, 0.3) is 0 Å². The Labute approximate surface area is 101 Å². The molecule has 0 saturated heterocycles. The first-order chi connectivity index (χ1) is 7.11. The van der Waals surface area contributed by atoms with Crippen LogP contribution in [0.3, 0.4) is 0 Å². The van der Waals surface area contributed by atoms with E-state index in [2.05, 4.69) is 38.7 Å². The van der Waals surface area contributed by atoms with Crippen LogP contribution in [0, 0.1) is 0 Å². The number of rotatable bonds is 6. The Morgan fingerprint density at radius 2 is 2.00 bits per heavy atom. The lowest BCUT2D eigenvalue weighted by Gasteiger charge is -2.23. The molecule has 0 heterocycles. The number of hydrogen-bond donors (Lipinski definition) is 0. The molecule has 0 radical (unpaired) electrons. The Kier molecular flexibility index (Phi) is 13.6. The maximum Gasteiger partial charge on any atom is 0.0174 e. The molecule has 0 amide bonds. The van der Waals surface area contributed by atoms with Gasteiger partial charge in [0.05, 0.1) is 0 Å². The summed E-state index contributed by atoms with van der Waals surface area (Å²) in [5.41, 5.74) is 0. The van der Waals surface area contributed by atoms with Crippen molar-refractivity contribution in [1.82, 2.24) is 4.31 Å². The zero-order valence-electron chi connectivity index (χ0n) is 11.2. The highest BCUT2D eigenvalue weighted by Gasteiger charge is 2.08. The summed E-state index contributed by atoms with van der Waals surface area (Å²) in [6, 6.07) is 0.642. The Morgan fingerprint density at radius 1 is 1.47 bits per heavy atom. The number of nitrogens with zero attached hydrogens (tertiary/aromatic N) is 1. The van der Waals surface area contributed by atoms with Crippen LogP contribution in [-0.4, -0.2) is 17.4 Å². The maximum absolute atomic E-state index is 3.68. The Hall–Kier alpha value is -0.210. The summed E-state index contributed by atoms with van der Waals surface area (Å²) < 4.78 is 2.30. The van der Waals surface area contributed by atoms with Crippen LogP contribution in [-0.2, 0) is 0 Å². The average molecular weight is 229 g/mol. The lowest BCUT2D eigenvalue weighted by Crippen LogP contribution is -2.21. The smallest absolute Gasteiger partial charge is 0.0174 e. The fraction of sp³-hybridized carbons (Fsp3) is 0.692. The highest BCUT2D eigenvalue weighted by Crippen LogP contribution is 2.22. The minimum Gasteiger partial charge on any atom is -0.247 e. The molecule has 15 heavy (non-hydrogen) atoms. The molecule has 1 unspecified atom stereocenters. The second-order valence-corrected chi connectivity index (χ2v) is 4.69. The number of allylic oxidation sites excluding steroid dienone is 3. The summed E-state index contributed by atoms with van der Waals surface area (Å²) in [6.07, 6.45) is 6.38. The minimum atomic E-state index is 0.642. The first-order valence-corrected chi connectivity index (χ1v) is 6.59. The van der Waals surface area contributed by atoms with Crippen LogP contribution in [0.5, 0.6) is 0 Å². The molecule has 0 aliphatic heterocycles. The summed E-state index contributed by atoms with van der Waals surface area (Å²) in [5, 5.41) is 0. The highest BCUT2D eigenvalue weighted by atomic mass is 32.2. The van der Waals surface area contributed by atoms with E-state index < -0.39 is 0 Å². The largest absolute Gasteiger partial charge is 0.247 e. The first kappa shape index (κ1) is 17.2. The van der Waals surface area contributed by atoms with Crippen LogP contribution in [0.4, 0.5) is 0 Å². The molecule has 0 bridgehead atoms. The number of hydrogen-bond acceptors (Lipinski definition) is 2. The molecule has 0 aliphatic carbocycles. The Bertz CT molecular complexity index is 175. The molecular formula is C13H27NS. The maximum atomic E-state index is 3.68. The average Bonchev–Trinajstić information content (AvgIpc) is 2.21. The van der Waals surface area contributed by atoms with E-state index in [9.17, 15) is 0 Å². The van der Waals surface area contributed by atoms with Crippen LogP contribution in [0.15, 0.2) is 23.6 Å². The SMILES string of the molecule is C=C/C=C(\C)SN(C)C(C)CCC.CC. The standard InChI is InChI=1S/C11H21NS.C2H6/c1-6-8-10(3)12(5)13-11(4)9-7-2;1-2/h7,9-10H,2,6,8H2,1,3-5H3;1-2H3/b11-9+;. The molecule has 0 saturated carbocycles. The van der Waals surface area contributed by atoms with Crippen molar-refractivity contribution in [3.8, 4) is 0 Å². The summed E-state index contributed by atoms with van der Waals surface area (Å²) in [7, 11) is 2.14. The third kappa shape index (κ3) is 10.1. The van der Waals surface area contributed by atoms with Gasteiger partial charge in [-0.2, -0.15) is 0 Å². The zero-order chi connectivity index (χ0) is 12.3. The van der Waals surface area contributed by atoms with E-state index in [-0.39, 0.29) is 0 Å². The first-order valence-electron chi connectivity index (χ1n) is 5.82. The van der Waals surface area contributed by atoms with Gasteiger partial charge < -0.3 is 0 Å². The zero-order valence-corrected chi connectivity index (χ0v) is 12.0. The molecule has 0 N–H and O–H groups in total. The van der Waals surface area contributed by atoms with Gasteiger partial charge in [-0.25, -0.2) is 4.31 Å².